The first-order valence-electron chi connectivity index (χ1n) is 10.9. The minimum atomic E-state index is -1.00. The Morgan fingerprint density at radius 3 is 2.00 bits per heavy atom. The first-order chi connectivity index (χ1) is 14.2. The quantitative estimate of drug-likeness (QED) is 0.533. The number of hydrogen-bond donors (Lipinski definition) is 2. The Labute approximate surface area is 181 Å². The monoisotopic (exact) mass is 411 g/mol. The van der Waals surface area contributed by atoms with Crippen molar-refractivity contribution in [1.29, 1.82) is 0 Å². The Bertz CT molecular complexity index is 778. The van der Waals surface area contributed by atoms with Gasteiger partial charge in [0, 0.05) is 12.1 Å². The van der Waals surface area contributed by atoms with E-state index in [0.29, 0.717) is 18.5 Å². The number of hydrogen-bond acceptors (Lipinski definition) is 3. The maximum Gasteiger partial charge on any atom is 0.313 e. The third-order valence-electron chi connectivity index (χ3n) is 6.23. The number of rotatable bonds is 11. The normalized spacial score (nSPS) is 14.8. The molecule has 2 rings (SSSR count). The van der Waals surface area contributed by atoms with Gasteiger partial charge in [-0.3, -0.25) is 9.69 Å². The molecule has 0 saturated carbocycles. The average molecular weight is 412 g/mol. The fraction of sp³-hybridized carbons (Fsp3) is 0.500. The highest BCUT2D eigenvalue weighted by molar-refractivity contribution is 5.81. The second-order valence-electron chi connectivity index (χ2n) is 9.02. The summed E-state index contributed by atoms with van der Waals surface area (Å²) in [6, 6.07) is 18.5. The predicted molar refractivity (Wildman–Crippen MR) is 123 cm³/mol. The lowest BCUT2D eigenvalue weighted by atomic mass is 9.72. The number of carbonyl (C=O) groups is 1. The third-order valence-corrected chi connectivity index (χ3v) is 6.23. The van der Waals surface area contributed by atoms with Gasteiger partial charge in [-0.2, -0.15) is 0 Å². The van der Waals surface area contributed by atoms with Crippen LogP contribution in [-0.4, -0.2) is 39.7 Å². The van der Waals surface area contributed by atoms with Gasteiger partial charge in [0.05, 0.1) is 12.0 Å². The van der Waals surface area contributed by atoms with Crippen LogP contribution in [0, 0.1) is 0 Å². The highest BCUT2D eigenvalue weighted by atomic mass is 16.4. The fourth-order valence-electron chi connectivity index (χ4n) is 4.33. The Kier molecular flexibility index (Phi) is 8.63. The van der Waals surface area contributed by atoms with E-state index in [-0.39, 0.29) is 12.5 Å². The molecule has 0 saturated heterocycles. The Morgan fingerprint density at radius 1 is 0.967 bits per heavy atom. The molecule has 0 heterocycles. The van der Waals surface area contributed by atoms with E-state index in [0.717, 1.165) is 24.1 Å². The number of aliphatic hydroxyl groups is 1. The molecule has 164 valence electrons. The standard InChI is InChI=1S/C26H37NO3/c1-19(2)27(20(3)4)16-15-23(22-9-7-6-8-10-22)17-26(5,25(29)30)24-13-11-21(18-28)12-14-24/h6-14,19-20,23,28H,15-18H2,1-5H3,(H,29,30). The number of aliphatic carboxylic acids is 1. The van der Waals surface area contributed by atoms with E-state index in [1.54, 1.807) is 0 Å². The second-order valence-corrected chi connectivity index (χ2v) is 9.02. The zero-order valence-electron chi connectivity index (χ0n) is 19.0. The van der Waals surface area contributed by atoms with Crippen LogP contribution in [0.5, 0.6) is 0 Å². The van der Waals surface area contributed by atoms with Gasteiger partial charge in [0.25, 0.3) is 0 Å². The molecule has 0 aliphatic heterocycles. The molecule has 2 unspecified atom stereocenters. The van der Waals surface area contributed by atoms with Crippen molar-refractivity contribution in [3.05, 3.63) is 71.3 Å². The predicted octanol–water partition coefficient (Wildman–Crippen LogP) is 5.20. The van der Waals surface area contributed by atoms with Crippen molar-refractivity contribution in [3.8, 4) is 0 Å². The van der Waals surface area contributed by atoms with Crippen molar-refractivity contribution in [2.24, 2.45) is 0 Å². The van der Waals surface area contributed by atoms with Gasteiger partial charge in [-0.25, -0.2) is 0 Å². The molecular weight excluding hydrogens is 374 g/mol. The number of nitrogens with zero attached hydrogens (tertiary/aromatic N) is 1. The maximum atomic E-state index is 12.4. The molecule has 4 nitrogen and oxygen atoms in total. The van der Waals surface area contributed by atoms with Gasteiger partial charge < -0.3 is 10.2 Å². The smallest absolute Gasteiger partial charge is 0.313 e. The molecule has 0 amide bonds. The third kappa shape index (κ3) is 5.93. The molecule has 0 spiro atoms. The second kappa shape index (κ2) is 10.7. The molecule has 0 aliphatic rings. The van der Waals surface area contributed by atoms with Gasteiger partial charge in [0.15, 0.2) is 0 Å². The summed E-state index contributed by atoms with van der Waals surface area (Å²) in [5, 5.41) is 19.5. The lowest BCUT2D eigenvalue weighted by molar-refractivity contribution is -0.143. The van der Waals surface area contributed by atoms with Crippen molar-refractivity contribution in [3.63, 3.8) is 0 Å². The van der Waals surface area contributed by atoms with Gasteiger partial charge in [-0.1, -0.05) is 54.6 Å². The molecule has 2 aromatic carbocycles. The van der Waals surface area contributed by atoms with Gasteiger partial charge in [0.1, 0.15) is 0 Å². The van der Waals surface area contributed by atoms with Gasteiger partial charge in [0.2, 0.25) is 0 Å². The summed E-state index contributed by atoms with van der Waals surface area (Å²) >= 11 is 0. The van der Waals surface area contributed by atoms with Crippen LogP contribution in [0.2, 0.25) is 0 Å². The number of carboxylic acids is 1. The maximum absolute atomic E-state index is 12.4. The number of benzene rings is 2. The average Bonchev–Trinajstić information content (AvgIpc) is 2.73. The van der Waals surface area contributed by atoms with Crippen LogP contribution in [0.3, 0.4) is 0 Å². The fourth-order valence-corrected chi connectivity index (χ4v) is 4.33. The summed E-state index contributed by atoms with van der Waals surface area (Å²) in [6.45, 7) is 11.5. The molecule has 0 bridgehead atoms. The molecule has 4 heteroatoms. The summed E-state index contributed by atoms with van der Waals surface area (Å²) in [7, 11) is 0. The van der Waals surface area contributed by atoms with Crippen molar-refractivity contribution in [1.82, 2.24) is 4.90 Å². The SMILES string of the molecule is CC(C)N(CCC(CC(C)(C(=O)O)c1ccc(CO)cc1)c1ccccc1)C(C)C. The van der Waals surface area contributed by atoms with E-state index < -0.39 is 11.4 Å². The van der Waals surface area contributed by atoms with E-state index in [2.05, 4.69) is 44.7 Å². The molecule has 30 heavy (non-hydrogen) atoms. The van der Waals surface area contributed by atoms with Crippen molar-refractivity contribution in [2.75, 3.05) is 6.54 Å². The van der Waals surface area contributed by atoms with E-state index in [1.165, 1.54) is 5.56 Å². The molecule has 0 fully saturated rings. The first-order valence-corrected chi connectivity index (χ1v) is 10.9. The minimum Gasteiger partial charge on any atom is -0.481 e. The van der Waals surface area contributed by atoms with Gasteiger partial charge in [-0.05, 0) is 76.6 Å². The Hall–Kier alpha value is -2.17. The topological polar surface area (TPSA) is 60.8 Å². The Morgan fingerprint density at radius 2 is 1.53 bits per heavy atom. The summed E-state index contributed by atoms with van der Waals surface area (Å²) in [4.78, 5) is 14.9. The summed E-state index contributed by atoms with van der Waals surface area (Å²) in [5.74, 6) is -0.686. The van der Waals surface area contributed by atoms with E-state index in [4.69, 9.17) is 0 Å². The summed E-state index contributed by atoms with van der Waals surface area (Å²) in [5.41, 5.74) is 1.74. The molecular formula is C26H37NO3. The molecule has 0 radical (unpaired) electrons. The Balaban J connectivity index is 2.35. The van der Waals surface area contributed by atoms with Crippen LogP contribution in [0.15, 0.2) is 54.6 Å². The molecule has 0 aromatic heterocycles. The van der Waals surface area contributed by atoms with Crippen molar-refractivity contribution >= 4 is 5.97 Å². The number of carboxylic acid groups (broad SMARTS) is 1. The lowest BCUT2D eigenvalue weighted by Crippen LogP contribution is -2.39. The minimum absolute atomic E-state index is 0.0447. The largest absolute Gasteiger partial charge is 0.481 e. The zero-order valence-corrected chi connectivity index (χ0v) is 19.0. The van der Waals surface area contributed by atoms with Crippen LogP contribution >= 0.6 is 0 Å². The van der Waals surface area contributed by atoms with Crippen LogP contribution in [0.4, 0.5) is 0 Å². The van der Waals surface area contributed by atoms with Gasteiger partial charge in [-0.15, -0.1) is 0 Å². The molecule has 2 atom stereocenters. The highest BCUT2D eigenvalue weighted by Gasteiger charge is 2.38. The molecule has 0 aliphatic carbocycles. The van der Waals surface area contributed by atoms with E-state index in [9.17, 15) is 15.0 Å². The summed E-state index contributed by atoms with van der Waals surface area (Å²) < 4.78 is 0. The van der Waals surface area contributed by atoms with E-state index in [1.807, 2.05) is 49.4 Å². The van der Waals surface area contributed by atoms with Crippen LogP contribution in [0.1, 0.15) is 70.1 Å². The van der Waals surface area contributed by atoms with Gasteiger partial charge >= 0.3 is 5.97 Å². The van der Waals surface area contributed by atoms with Crippen molar-refractivity contribution < 1.29 is 15.0 Å². The van der Waals surface area contributed by atoms with E-state index >= 15 is 0 Å². The number of aliphatic hydroxyl groups excluding tert-OH is 1. The van der Waals surface area contributed by atoms with Crippen LogP contribution in [0.25, 0.3) is 0 Å². The molecule has 2 aromatic rings. The van der Waals surface area contributed by atoms with Crippen LogP contribution in [-0.2, 0) is 16.8 Å². The van der Waals surface area contributed by atoms with Crippen molar-refractivity contribution in [2.45, 2.75) is 77.5 Å². The summed E-state index contributed by atoms with van der Waals surface area (Å²) in [6.07, 6.45) is 1.42. The van der Waals surface area contributed by atoms with Crippen LogP contribution < -0.4 is 0 Å². The highest BCUT2D eigenvalue weighted by Crippen LogP contribution is 2.38. The lowest BCUT2D eigenvalue weighted by Gasteiger charge is -2.34. The molecule has 2 N–H and O–H groups in total. The zero-order chi connectivity index (χ0) is 22.3. The first kappa shape index (κ1) is 24.1.